The Morgan fingerprint density at radius 2 is 1.81 bits per heavy atom. The van der Waals surface area contributed by atoms with Crippen molar-refractivity contribution >= 4 is 10.9 Å². The molecule has 0 fully saturated rings. The lowest BCUT2D eigenvalue weighted by atomic mass is 9.92. The number of benzene rings is 1. The van der Waals surface area contributed by atoms with Gasteiger partial charge >= 0.3 is 0 Å². The smallest absolute Gasteiger partial charge is 0.143 e. The maximum absolute atomic E-state index is 9.37. The SMILES string of the molecule is Cc1nc(CN(C)CC(C)(CO)CO)nc2ccccc12. The van der Waals surface area contributed by atoms with Gasteiger partial charge in [-0.25, -0.2) is 9.97 Å². The lowest BCUT2D eigenvalue weighted by Crippen LogP contribution is -2.39. The van der Waals surface area contributed by atoms with Crippen LogP contribution in [0.1, 0.15) is 18.4 Å². The Labute approximate surface area is 125 Å². The number of aliphatic hydroxyl groups is 2. The summed E-state index contributed by atoms with van der Waals surface area (Å²) in [5.74, 6) is 0.756. The fourth-order valence-electron chi connectivity index (χ4n) is 2.46. The van der Waals surface area contributed by atoms with Crippen molar-refractivity contribution in [1.29, 1.82) is 0 Å². The summed E-state index contributed by atoms with van der Waals surface area (Å²) in [6.45, 7) is 4.91. The maximum atomic E-state index is 9.37. The second kappa shape index (κ2) is 6.47. The number of hydrogen-bond donors (Lipinski definition) is 2. The number of nitrogens with zero attached hydrogens (tertiary/aromatic N) is 3. The first-order valence-electron chi connectivity index (χ1n) is 7.10. The van der Waals surface area contributed by atoms with Crippen molar-refractivity contribution in [3.8, 4) is 0 Å². The highest BCUT2D eigenvalue weighted by atomic mass is 16.3. The van der Waals surface area contributed by atoms with Crippen molar-refractivity contribution in [3.05, 3.63) is 35.8 Å². The van der Waals surface area contributed by atoms with Crippen LogP contribution in [0.25, 0.3) is 10.9 Å². The molecule has 5 heteroatoms. The van der Waals surface area contributed by atoms with Crippen LogP contribution in [0.2, 0.25) is 0 Å². The van der Waals surface area contributed by atoms with Crippen molar-refractivity contribution in [2.45, 2.75) is 20.4 Å². The summed E-state index contributed by atoms with van der Waals surface area (Å²) in [6, 6.07) is 7.96. The Morgan fingerprint density at radius 1 is 1.14 bits per heavy atom. The number of fused-ring (bicyclic) bond motifs is 1. The van der Waals surface area contributed by atoms with E-state index in [1.807, 2.05) is 50.1 Å². The third-order valence-electron chi connectivity index (χ3n) is 3.67. The third kappa shape index (κ3) is 3.75. The molecule has 0 saturated heterocycles. The molecule has 0 unspecified atom stereocenters. The Kier molecular flexibility index (Phi) is 4.88. The molecule has 21 heavy (non-hydrogen) atoms. The molecule has 0 aliphatic carbocycles. The number of rotatable bonds is 6. The Bertz CT molecular complexity index is 611. The number of aromatic nitrogens is 2. The highest BCUT2D eigenvalue weighted by molar-refractivity contribution is 5.80. The highest BCUT2D eigenvalue weighted by Crippen LogP contribution is 2.18. The predicted molar refractivity (Wildman–Crippen MR) is 82.9 cm³/mol. The summed E-state index contributed by atoms with van der Waals surface area (Å²) in [4.78, 5) is 11.1. The molecule has 114 valence electrons. The van der Waals surface area contributed by atoms with Gasteiger partial charge in [0.05, 0.1) is 25.3 Å². The largest absolute Gasteiger partial charge is 0.396 e. The average molecular weight is 289 g/mol. The van der Waals surface area contributed by atoms with Gasteiger partial charge in [-0.05, 0) is 20.0 Å². The van der Waals surface area contributed by atoms with Gasteiger partial charge in [0.2, 0.25) is 0 Å². The van der Waals surface area contributed by atoms with E-state index in [-0.39, 0.29) is 13.2 Å². The fraction of sp³-hybridized carbons (Fsp3) is 0.500. The van der Waals surface area contributed by atoms with Gasteiger partial charge in [-0.3, -0.25) is 4.90 Å². The molecule has 5 nitrogen and oxygen atoms in total. The van der Waals surface area contributed by atoms with Crippen molar-refractivity contribution < 1.29 is 10.2 Å². The van der Waals surface area contributed by atoms with E-state index in [4.69, 9.17) is 0 Å². The van der Waals surface area contributed by atoms with E-state index in [0.29, 0.717) is 13.1 Å². The van der Waals surface area contributed by atoms with Crippen LogP contribution in [0.15, 0.2) is 24.3 Å². The van der Waals surface area contributed by atoms with E-state index in [0.717, 1.165) is 22.4 Å². The fourth-order valence-corrected chi connectivity index (χ4v) is 2.46. The van der Waals surface area contributed by atoms with Gasteiger partial charge in [0.15, 0.2) is 0 Å². The van der Waals surface area contributed by atoms with Crippen molar-refractivity contribution in [1.82, 2.24) is 14.9 Å². The summed E-state index contributed by atoms with van der Waals surface area (Å²) >= 11 is 0. The molecule has 0 bridgehead atoms. The zero-order valence-corrected chi connectivity index (χ0v) is 12.9. The van der Waals surface area contributed by atoms with Crippen LogP contribution in [0.4, 0.5) is 0 Å². The van der Waals surface area contributed by atoms with E-state index >= 15 is 0 Å². The van der Waals surface area contributed by atoms with Gasteiger partial charge in [-0.1, -0.05) is 25.1 Å². The van der Waals surface area contributed by atoms with E-state index in [1.165, 1.54) is 0 Å². The lowest BCUT2D eigenvalue weighted by molar-refractivity contribution is 0.0396. The molecule has 1 heterocycles. The van der Waals surface area contributed by atoms with Crippen molar-refractivity contribution in [2.24, 2.45) is 5.41 Å². The second-order valence-electron chi connectivity index (χ2n) is 6.04. The topological polar surface area (TPSA) is 69.5 Å². The summed E-state index contributed by atoms with van der Waals surface area (Å²) in [5, 5.41) is 19.8. The number of aryl methyl sites for hydroxylation is 1. The maximum Gasteiger partial charge on any atom is 0.143 e. The minimum atomic E-state index is -0.513. The van der Waals surface area contributed by atoms with E-state index in [2.05, 4.69) is 9.97 Å². The molecule has 1 aromatic heterocycles. The third-order valence-corrected chi connectivity index (χ3v) is 3.67. The second-order valence-corrected chi connectivity index (χ2v) is 6.04. The van der Waals surface area contributed by atoms with Gasteiger partial charge in [0.25, 0.3) is 0 Å². The average Bonchev–Trinajstić information content (AvgIpc) is 2.47. The van der Waals surface area contributed by atoms with Crippen molar-refractivity contribution in [3.63, 3.8) is 0 Å². The van der Waals surface area contributed by atoms with Gasteiger partial charge in [0, 0.05) is 23.0 Å². The van der Waals surface area contributed by atoms with Gasteiger partial charge in [-0.2, -0.15) is 0 Å². The molecule has 0 aliphatic rings. The molecule has 0 saturated carbocycles. The lowest BCUT2D eigenvalue weighted by Gasteiger charge is -2.30. The molecule has 0 spiro atoms. The first kappa shape index (κ1) is 15.8. The van der Waals surface area contributed by atoms with Crippen LogP contribution in [-0.2, 0) is 6.54 Å². The number of aliphatic hydroxyl groups excluding tert-OH is 2. The summed E-state index contributed by atoms with van der Waals surface area (Å²) in [5.41, 5.74) is 1.40. The van der Waals surface area contributed by atoms with Gasteiger partial charge in [0.1, 0.15) is 5.82 Å². The van der Waals surface area contributed by atoms with Crippen LogP contribution >= 0.6 is 0 Å². The first-order valence-corrected chi connectivity index (χ1v) is 7.10. The first-order chi connectivity index (χ1) is 9.97. The summed E-state index contributed by atoms with van der Waals surface area (Å²) in [7, 11) is 1.94. The molecule has 2 N–H and O–H groups in total. The molecule has 0 radical (unpaired) electrons. The van der Waals surface area contributed by atoms with Crippen LogP contribution in [-0.4, -0.2) is 51.9 Å². The van der Waals surface area contributed by atoms with Gasteiger partial charge in [-0.15, -0.1) is 0 Å². The molecular formula is C16H23N3O2. The van der Waals surface area contributed by atoms with Crippen LogP contribution in [0, 0.1) is 12.3 Å². The van der Waals surface area contributed by atoms with Crippen molar-refractivity contribution in [2.75, 3.05) is 26.8 Å². The minimum Gasteiger partial charge on any atom is -0.396 e. The minimum absolute atomic E-state index is 0.0502. The van der Waals surface area contributed by atoms with E-state index in [9.17, 15) is 10.2 Å². The van der Waals surface area contributed by atoms with Crippen LogP contribution in [0.5, 0.6) is 0 Å². The number of hydrogen-bond acceptors (Lipinski definition) is 5. The Hall–Kier alpha value is -1.56. The van der Waals surface area contributed by atoms with Gasteiger partial charge < -0.3 is 10.2 Å². The molecular weight excluding hydrogens is 266 g/mol. The highest BCUT2D eigenvalue weighted by Gasteiger charge is 2.24. The monoisotopic (exact) mass is 289 g/mol. The molecule has 0 amide bonds. The van der Waals surface area contributed by atoms with Crippen LogP contribution < -0.4 is 0 Å². The van der Waals surface area contributed by atoms with E-state index < -0.39 is 5.41 Å². The molecule has 0 aliphatic heterocycles. The quantitative estimate of drug-likeness (QED) is 0.840. The molecule has 2 aromatic rings. The number of para-hydroxylation sites is 1. The van der Waals surface area contributed by atoms with E-state index in [1.54, 1.807) is 0 Å². The standard InChI is InChI=1S/C16H23N3O2/c1-12-13-6-4-5-7-14(13)18-15(17-12)8-19(3)9-16(2,10-20)11-21/h4-7,20-21H,8-11H2,1-3H3. The summed E-state index contributed by atoms with van der Waals surface area (Å²) < 4.78 is 0. The Balaban J connectivity index is 2.16. The normalized spacial score (nSPS) is 12.3. The molecule has 2 rings (SSSR count). The molecule has 1 aromatic carbocycles. The van der Waals surface area contributed by atoms with Crippen LogP contribution in [0.3, 0.4) is 0 Å². The zero-order chi connectivity index (χ0) is 15.5. The molecule has 0 atom stereocenters. The summed E-state index contributed by atoms with van der Waals surface area (Å²) in [6.07, 6.45) is 0. The zero-order valence-electron chi connectivity index (χ0n) is 12.9. The Morgan fingerprint density at radius 3 is 2.48 bits per heavy atom. The predicted octanol–water partition coefficient (Wildman–Crippen LogP) is 1.36.